The van der Waals surface area contributed by atoms with Gasteiger partial charge in [0.2, 0.25) is 0 Å². The molecule has 1 aliphatic carbocycles. The summed E-state index contributed by atoms with van der Waals surface area (Å²) in [4.78, 5) is 23.2. The Kier molecular flexibility index (Phi) is 4.11. The van der Waals surface area contributed by atoms with Gasteiger partial charge in [-0.25, -0.2) is 9.97 Å². The van der Waals surface area contributed by atoms with E-state index in [-0.39, 0.29) is 11.9 Å². The number of amides is 1. The molecule has 6 heteroatoms. The van der Waals surface area contributed by atoms with Crippen molar-refractivity contribution in [1.29, 1.82) is 0 Å². The summed E-state index contributed by atoms with van der Waals surface area (Å²) in [5.74, 6) is 1.24. The van der Waals surface area contributed by atoms with Crippen molar-refractivity contribution in [3.05, 3.63) is 40.0 Å². The number of carbonyl (C=O) groups is 1. The Hall–Kier alpha value is -1.95. The van der Waals surface area contributed by atoms with Gasteiger partial charge in [-0.3, -0.25) is 4.79 Å². The molecule has 1 unspecified atom stereocenters. The maximum atomic E-state index is 12.6. The van der Waals surface area contributed by atoms with Crippen LogP contribution in [0.3, 0.4) is 0 Å². The number of pyridine rings is 1. The molecule has 0 saturated heterocycles. The van der Waals surface area contributed by atoms with Gasteiger partial charge in [-0.2, -0.15) is 0 Å². The Morgan fingerprint density at radius 1 is 1.45 bits per heavy atom. The number of nitrogens with zero attached hydrogens (tertiary/aromatic N) is 3. The molecule has 0 aromatic carbocycles. The molecule has 0 aliphatic heterocycles. The van der Waals surface area contributed by atoms with Crippen LogP contribution in [0.4, 0.5) is 5.82 Å². The van der Waals surface area contributed by atoms with Crippen molar-refractivity contribution < 1.29 is 4.79 Å². The lowest BCUT2D eigenvalue weighted by molar-refractivity contribution is 0.0931. The van der Waals surface area contributed by atoms with Crippen molar-refractivity contribution in [2.24, 2.45) is 5.92 Å². The van der Waals surface area contributed by atoms with Gasteiger partial charge in [0.15, 0.2) is 0 Å². The van der Waals surface area contributed by atoms with E-state index in [4.69, 9.17) is 0 Å². The average molecular weight is 316 g/mol. The van der Waals surface area contributed by atoms with E-state index in [2.05, 4.69) is 15.3 Å². The molecular formula is C16H20N4OS. The third-order valence-corrected chi connectivity index (χ3v) is 4.79. The minimum Gasteiger partial charge on any atom is -0.363 e. The second kappa shape index (κ2) is 6.04. The summed E-state index contributed by atoms with van der Waals surface area (Å²) in [7, 11) is 3.82. The summed E-state index contributed by atoms with van der Waals surface area (Å²) in [6.07, 6.45) is 3.98. The summed E-state index contributed by atoms with van der Waals surface area (Å²) < 4.78 is 0. The fourth-order valence-electron chi connectivity index (χ4n) is 2.35. The first-order valence-electron chi connectivity index (χ1n) is 7.41. The highest BCUT2D eigenvalue weighted by molar-refractivity contribution is 7.09. The van der Waals surface area contributed by atoms with Gasteiger partial charge in [-0.05, 0) is 37.8 Å². The molecule has 1 fully saturated rings. The van der Waals surface area contributed by atoms with E-state index in [1.165, 1.54) is 0 Å². The number of anilines is 1. The summed E-state index contributed by atoms with van der Waals surface area (Å²) in [5, 5.41) is 6.20. The Bertz CT molecular complexity index is 678. The lowest BCUT2D eigenvalue weighted by Gasteiger charge is -2.17. The van der Waals surface area contributed by atoms with Gasteiger partial charge in [0, 0.05) is 36.9 Å². The molecule has 2 heterocycles. The van der Waals surface area contributed by atoms with Gasteiger partial charge in [-0.1, -0.05) is 0 Å². The quantitative estimate of drug-likeness (QED) is 0.921. The van der Waals surface area contributed by atoms with Crippen LogP contribution in [0, 0.1) is 12.8 Å². The molecule has 0 radical (unpaired) electrons. The number of aromatic nitrogens is 2. The Labute approximate surface area is 134 Å². The van der Waals surface area contributed by atoms with Gasteiger partial charge >= 0.3 is 0 Å². The number of carbonyl (C=O) groups excluding carboxylic acids is 1. The average Bonchev–Trinajstić information content (AvgIpc) is 3.26. The van der Waals surface area contributed by atoms with E-state index in [0.29, 0.717) is 11.5 Å². The number of aryl methyl sites for hydroxylation is 1. The predicted molar refractivity (Wildman–Crippen MR) is 88.3 cm³/mol. The Balaban J connectivity index is 1.78. The van der Waals surface area contributed by atoms with Crippen LogP contribution in [-0.2, 0) is 0 Å². The number of thiazole rings is 1. The van der Waals surface area contributed by atoms with Gasteiger partial charge < -0.3 is 10.2 Å². The largest absolute Gasteiger partial charge is 0.363 e. The first-order chi connectivity index (χ1) is 10.5. The van der Waals surface area contributed by atoms with Gasteiger partial charge in [-0.15, -0.1) is 11.3 Å². The maximum absolute atomic E-state index is 12.6. The molecule has 2 aromatic heterocycles. The molecule has 3 rings (SSSR count). The lowest BCUT2D eigenvalue weighted by Crippen LogP contribution is -2.30. The smallest absolute Gasteiger partial charge is 0.252 e. The van der Waals surface area contributed by atoms with Crippen LogP contribution in [0.1, 0.15) is 39.9 Å². The molecule has 0 spiro atoms. The topological polar surface area (TPSA) is 58.1 Å². The van der Waals surface area contributed by atoms with E-state index in [1.807, 2.05) is 37.4 Å². The minimum absolute atomic E-state index is 0.0298. The third-order valence-electron chi connectivity index (χ3n) is 3.75. The Morgan fingerprint density at radius 2 is 2.23 bits per heavy atom. The highest BCUT2D eigenvalue weighted by Gasteiger charge is 2.35. The maximum Gasteiger partial charge on any atom is 0.252 e. The second-order valence-electron chi connectivity index (χ2n) is 5.91. The third kappa shape index (κ3) is 3.27. The zero-order valence-corrected chi connectivity index (χ0v) is 13.9. The monoisotopic (exact) mass is 316 g/mol. The summed E-state index contributed by atoms with van der Waals surface area (Å²) in [5.41, 5.74) is 1.65. The molecule has 116 valence electrons. The minimum atomic E-state index is -0.0600. The van der Waals surface area contributed by atoms with Crippen LogP contribution in [-0.4, -0.2) is 30.0 Å². The lowest BCUT2D eigenvalue weighted by atomic mass is 10.1. The Morgan fingerprint density at radius 3 is 2.82 bits per heavy atom. The number of nitrogens with one attached hydrogen (secondary N) is 1. The van der Waals surface area contributed by atoms with Crippen molar-refractivity contribution in [2.75, 3.05) is 19.0 Å². The molecule has 1 amide bonds. The fourth-order valence-corrected chi connectivity index (χ4v) is 3.29. The molecule has 1 aliphatic rings. The van der Waals surface area contributed by atoms with Crippen LogP contribution in [0.2, 0.25) is 0 Å². The van der Waals surface area contributed by atoms with E-state index >= 15 is 0 Å². The van der Waals surface area contributed by atoms with Gasteiger partial charge in [0.25, 0.3) is 5.91 Å². The first-order valence-corrected chi connectivity index (χ1v) is 8.29. The normalized spacial score (nSPS) is 15.4. The molecule has 1 N–H and O–H groups in total. The van der Waals surface area contributed by atoms with E-state index in [0.717, 1.165) is 29.4 Å². The van der Waals surface area contributed by atoms with Crippen LogP contribution in [0.5, 0.6) is 0 Å². The number of rotatable bonds is 5. The predicted octanol–water partition coefficient (Wildman–Crippen LogP) is 2.79. The van der Waals surface area contributed by atoms with Gasteiger partial charge in [0.05, 0.1) is 6.04 Å². The zero-order valence-electron chi connectivity index (χ0n) is 13.0. The molecule has 22 heavy (non-hydrogen) atoms. The van der Waals surface area contributed by atoms with Crippen LogP contribution in [0.25, 0.3) is 0 Å². The first kappa shape index (κ1) is 15.0. The number of hydrogen-bond acceptors (Lipinski definition) is 5. The van der Waals surface area contributed by atoms with E-state index in [1.54, 1.807) is 23.6 Å². The van der Waals surface area contributed by atoms with Crippen molar-refractivity contribution in [3.8, 4) is 0 Å². The second-order valence-corrected chi connectivity index (χ2v) is 6.80. The summed E-state index contributed by atoms with van der Waals surface area (Å²) in [6.45, 7) is 1.98. The molecule has 1 saturated carbocycles. The van der Waals surface area contributed by atoms with E-state index in [9.17, 15) is 4.79 Å². The molecule has 0 bridgehead atoms. The fraction of sp³-hybridized carbons (Fsp3) is 0.438. The SMILES string of the molecule is Cc1csc(C(NC(=O)c2ccnc(N(C)C)c2)C2CC2)n1. The summed E-state index contributed by atoms with van der Waals surface area (Å²) >= 11 is 1.62. The van der Waals surface area contributed by atoms with Crippen molar-refractivity contribution in [2.45, 2.75) is 25.8 Å². The number of hydrogen-bond donors (Lipinski definition) is 1. The van der Waals surface area contributed by atoms with Gasteiger partial charge in [0.1, 0.15) is 10.8 Å². The highest BCUT2D eigenvalue weighted by Crippen LogP contribution is 2.42. The molecular weight excluding hydrogens is 296 g/mol. The van der Waals surface area contributed by atoms with Crippen molar-refractivity contribution in [3.63, 3.8) is 0 Å². The van der Waals surface area contributed by atoms with Crippen LogP contribution >= 0.6 is 11.3 Å². The van der Waals surface area contributed by atoms with Crippen LogP contribution < -0.4 is 10.2 Å². The molecule has 1 atom stereocenters. The summed E-state index contributed by atoms with van der Waals surface area (Å²) in [6, 6.07) is 3.59. The molecule has 2 aromatic rings. The molecule has 5 nitrogen and oxygen atoms in total. The van der Waals surface area contributed by atoms with Crippen molar-refractivity contribution in [1.82, 2.24) is 15.3 Å². The van der Waals surface area contributed by atoms with Crippen molar-refractivity contribution >= 4 is 23.1 Å². The zero-order chi connectivity index (χ0) is 15.7. The van der Waals surface area contributed by atoms with Crippen LogP contribution in [0.15, 0.2) is 23.7 Å². The van der Waals surface area contributed by atoms with E-state index < -0.39 is 0 Å². The standard InChI is InChI=1S/C16H20N4OS/c1-10-9-22-16(18-10)14(11-4-5-11)19-15(21)12-6-7-17-13(8-12)20(2)3/h6-9,11,14H,4-5H2,1-3H3,(H,19,21). The highest BCUT2D eigenvalue weighted by atomic mass is 32.1.